The molecule has 29 heavy (non-hydrogen) atoms. The van der Waals surface area contributed by atoms with Crippen LogP contribution in [0.5, 0.6) is 5.75 Å². The maximum Gasteiger partial charge on any atom is 0.246 e. The average Bonchev–Trinajstić information content (AvgIpc) is 3.20. The second kappa shape index (κ2) is 8.71. The van der Waals surface area contributed by atoms with Gasteiger partial charge < -0.3 is 4.74 Å². The quantitative estimate of drug-likeness (QED) is 0.715. The zero-order chi connectivity index (χ0) is 20.4. The molecule has 8 heteroatoms. The SMILES string of the molecule is COc1ccc(-c2csc(C)n2)cc1S(=O)(=O)N1CCN(C2CCCCC2)CC1. The average molecular weight is 436 g/mol. The maximum atomic E-state index is 13.4. The molecular formula is C21H29N3O3S2. The summed E-state index contributed by atoms with van der Waals surface area (Å²) in [5.74, 6) is 0.385. The Morgan fingerprint density at radius 1 is 1.10 bits per heavy atom. The molecule has 0 amide bonds. The smallest absolute Gasteiger partial charge is 0.246 e. The van der Waals surface area contributed by atoms with Crippen LogP contribution in [0.2, 0.25) is 0 Å². The third kappa shape index (κ3) is 4.35. The molecule has 158 valence electrons. The molecule has 4 rings (SSSR count). The van der Waals surface area contributed by atoms with Crippen molar-refractivity contribution in [3.8, 4) is 17.0 Å². The van der Waals surface area contributed by atoms with Crippen LogP contribution in [0, 0.1) is 6.92 Å². The van der Waals surface area contributed by atoms with Gasteiger partial charge in [-0.15, -0.1) is 11.3 Å². The molecule has 0 radical (unpaired) electrons. The van der Waals surface area contributed by atoms with Crippen molar-refractivity contribution in [2.24, 2.45) is 0 Å². The van der Waals surface area contributed by atoms with Crippen LogP contribution in [-0.4, -0.2) is 61.9 Å². The predicted molar refractivity (Wildman–Crippen MR) is 116 cm³/mol. The molecule has 2 heterocycles. The van der Waals surface area contributed by atoms with Crippen LogP contribution in [0.3, 0.4) is 0 Å². The number of benzene rings is 1. The number of hydrogen-bond acceptors (Lipinski definition) is 6. The highest BCUT2D eigenvalue weighted by Crippen LogP contribution is 2.33. The van der Waals surface area contributed by atoms with Crippen LogP contribution in [0.4, 0.5) is 0 Å². The van der Waals surface area contributed by atoms with Crippen LogP contribution in [-0.2, 0) is 10.0 Å². The monoisotopic (exact) mass is 435 g/mol. The Labute approximate surface area is 177 Å². The van der Waals surface area contributed by atoms with Gasteiger partial charge in [-0.05, 0) is 38.0 Å². The molecule has 0 spiro atoms. The first-order chi connectivity index (χ1) is 14.0. The fourth-order valence-corrected chi connectivity index (χ4v) is 6.65. The molecule has 1 saturated heterocycles. The topological polar surface area (TPSA) is 62.7 Å². The lowest BCUT2D eigenvalue weighted by Crippen LogP contribution is -2.52. The van der Waals surface area contributed by atoms with E-state index in [0.717, 1.165) is 29.4 Å². The first-order valence-corrected chi connectivity index (χ1v) is 12.7. The molecule has 0 bridgehead atoms. The first-order valence-electron chi connectivity index (χ1n) is 10.3. The summed E-state index contributed by atoms with van der Waals surface area (Å²) in [6.45, 7) is 4.61. The van der Waals surface area contributed by atoms with Gasteiger partial charge >= 0.3 is 0 Å². The summed E-state index contributed by atoms with van der Waals surface area (Å²) in [4.78, 5) is 7.21. The van der Waals surface area contributed by atoms with Gasteiger partial charge in [-0.3, -0.25) is 4.90 Å². The molecule has 1 aromatic carbocycles. The number of hydrogen-bond donors (Lipinski definition) is 0. The molecule has 1 aliphatic heterocycles. The summed E-state index contributed by atoms with van der Waals surface area (Å²) in [6, 6.07) is 5.93. The van der Waals surface area contributed by atoms with E-state index >= 15 is 0 Å². The second-order valence-corrected chi connectivity index (χ2v) is 10.8. The molecule has 1 aromatic heterocycles. The Kier molecular flexibility index (Phi) is 6.24. The number of aromatic nitrogens is 1. The molecule has 2 fully saturated rings. The number of thiazole rings is 1. The van der Waals surface area contributed by atoms with Crippen LogP contribution >= 0.6 is 11.3 Å². The van der Waals surface area contributed by atoms with E-state index in [9.17, 15) is 8.42 Å². The third-order valence-corrected chi connectivity index (χ3v) is 8.75. The Morgan fingerprint density at radius 3 is 2.45 bits per heavy atom. The standard InChI is InChI=1S/C21H29N3O3S2/c1-16-22-19(15-28-16)17-8-9-20(27-2)21(14-17)29(25,26)24-12-10-23(11-13-24)18-6-4-3-5-7-18/h8-9,14-15,18H,3-7,10-13H2,1-2H3. The minimum Gasteiger partial charge on any atom is -0.495 e. The minimum absolute atomic E-state index is 0.231. The lowest BCUT2D eigenvalue weighted by Gasteiger charge is -2.40. The fraction of sp³-hybridized carbons (Fsp3) is 0.571. The third-order valence-electron chi connectivity index (χ3n) is 6.06. The van der Waals surface area contributed by atoms with Crippen molar-refractivity contribution >= 4 is 21.4 Å². The van der Waals surface area contributed by atoms with E-state index in [-0.39, 0.29) is 4.90 Å². The van der Waals surface area contributed by atoms with Crippen molar-refractivity contribution in [3.05, 3.63) is 28.6 Å². The molecule has 2 aromatic rings. The number of rotatable bonds is 5. The van der Waals surface area contributed by atoms with Gasteiger partial charge in [-0.1, -0.05) is 19.3 Å². The largest absolute Gasteiger partial charge is 0.495 e. The van der Waals surface area contributed by atoms with Gasteiger partial charge in [0.25, 0.3) is 0 Å². The number of sulfonamides is 1. The van der Waals surface area contributed by atoms with Gasteiger partial charge in [-0.25, -0.2) is 13.4 Å². The number of methoxy groups -OCH3 is 1. The molecule has 1 aliphatic carbocycles. The van der Waals surface area contributed by atoms with E-state index < -0.39 is 10.0 Å². The first kappa shape index (κ1) is 20.8. The van der Waals surface area contributed by atoms with Crippen molar-refractivity contribution in [1.82, 2.24) is 14.2 Å². The van der Waals surface area contributed by atoms with Crippen LogP contribution < -0.4 is 4.74 Å². The minimum atomic E-state index is -3.63. The Hall–Kier alpha value is -1.48. The lowest BCUT2D eigenvalue weighted by molar-refractivity contribution is 0.111. The summed E-state index contributed by atoms with van der Waals surface area (Å²) in [6.07, 6.45) is 6.41. The zero-order valence-electron chi connectivity index (χ0n) is 17.1. The van der Waals surface area contributed by atoms with Gasteiger partial charge in [0.1, 0.15) is 10.6 Å². The summed E-state index contributed by atoms with van der Waals surface area (Å²) in [5.41, 5.74) is 1.60. The molecule has 0 unspecified atom stereocenters. The predicted octanol–water partition coefficient (Wildman–Crippen LogP) is 3.77. The van der Waals surface area contributed by atoms with Gasteiger partial charge in [0.2, 0.25) is 10.0 Å². The van der Waals surface area contributed by atoms with E-state index in [1.165, 1.54) is 39.2 Å². The highest BCUT2D eigenvalue weighted by Gasteiger charge is 2.33. The summed E-state index contributed by atoms with van der Waals surface area (Å²) >= 11 is 1.56. The highest BCUT2D eigenvalue weighted by molar-refractivity contribution is 7.89. The molecule has 0 N–H and O–H groups in total. The van der Waals surface area contributed by atoms with Crippen LogP contribution in [0.1, 0.15) is 37.1 Å². The Balaban J connectivity index is 1.55. The summed E-state index contributed by atoms with van der Waals surface area (Å²) < 4.78 is 33.9. The summed E-state index contributed by atoms with van der Waals surface area (Å²) in [5, 5.41) is 2.91. The number of aryl methyl sites for hydroxylation is 1. The van der Waals surface area contributed by atoms with Crippen LogP contribution in [0.15, 0.2) is 28.5 Å². The van der Waals surface area contributed by atoms with Gasteiger partial charge in [0.15, 0.2) is 0 Å². The molecule has 0 atom stereocenters. The zero-order valence-corrected chi connectivity index (χ0v) is 18.8. The molecule has 1 saturated carbocycles. The van der Waals surface area contributed by atoms with Crippen molar-refractivity contribution < 1.29 is 13.2 Å². The summed E-state index contributed by atoms with van der Waals surface area (Å²) in [7, 11) is -2.11. The van der Waals surface area contributed by atoms with E-state index in [0.29, 0.717) is 24.9 Å². The molecule has 2 aliphatic rings. The number of piperazine rings is 1. The van der Waals surface area contributed by atoms with E-state index in [2.05, 4.69) is 9.88 Å². The molecule has 6 nitrogen and oxygen atoms in total. The van der Waals surface area contributed by atoms with E-state index in [4.69, 9.17) is 4.74 Å². The Morgan fingerprint density at radius 2 is 1.83 bits per heavy atom. The lowest BCUT2D eigenvalue weighted by atomic mass is 9.94. The normalized spacial score (nSPS) is 20.1. The van der Waals surface area contributed by atoms with Crippen LogP contribution in [0.25, 0.3) is 11.3 Å². The number of ether oxygens (including phenoxy) is 1. The van der Waals surface area contributed by atoms with Crippen molar-refractivity contribution in [2.45, 2.75) is 50.0 Å². The van der Waals surface area contributed by atoms with Crippen molar-refractivity contribution in [1.29, 1.82) is 0 Å². The van der Waals surface area contributed by atoms with Gasteiger partial charge in [0.05, 0.1) is 17.8 Å². The second-order valence-electron chi connectivity index (χ2n) is 7.85. The van der Waals surface area contributed by atoms with E-state index in [1.807, 2.05) is 18.4 Å². The van der Waals surface area contributed by atoms with Gasteiger partial charge in [0, 0.05) is 43.2 Å². The number of nitrogens with zero attached hydrogens (tertiary/aromatic N) is 3. The maximum absolute atomic E-state index is 13.4. The van der Waals surface area contributed by atoms with Gasteiger partial charge in [-0.2, -0.15) is 4.31 Å². The van der Waals surface area contributed by atoms with Crippen molar-refractivity contribution in [3.63, 3.8) is 0 Å². The fourth-order valence-electron chi connectivity index (χ4n) is 4.43. The van der Waals surface area contributed by atoms with Crippen molar-refractivity contribution in [2.75, 3.05) is 33.3 Å². The van der Waals surface area contributed by atoms with E-state index in [1.54, 1.807) is 27.8 Å². The molecular weight excluding hydrogens is 406 g/mol. The highest BCUT2D eigenvalue weighted by atomic mass is 32.2. The Bertz CT molecular complexity index is 944.